The van der Waals surface area contributed by atoms with Gasteiger partial charge in [0.25, 0.3) is 0 Å². The Bertz CT molecular complexity index is 331. The molecule has 4 heteroatoms. The van der Waals surface area contributed by atoms with Gasteiger partial charge in [0.15, 0.2) is 0 Å². The minimum atomic E-state index is 0.633. The fourth-order valence-corrected chi connectivity index (χ4v) is 1.40. The summed E-state index contributed by atoms with van der Waals surface area (Å²) in [7, 11) is 1.93. The van der Waals surface area contributed by atoms with Crippen LogP contribution in [-0.4, -0.2) is 22.9 Å². The normalized spacial score (nSPS) is 10.3. The molecule has 0 saturated carbocycles. The number of aromatic nitrogens is 2. The lowest BCUT2D eigenvalue weighted by Crippen LogP contribution is -2.16. The first-order valence-corrected chi connectivity index (χ1v) is 5.24. The summed E-state index contributed by atoms with van der Waals surface area (Å²) in [6.45, 7) is 10.3. The summed E-state index contributed by atoms with van der Waals surface area (Å²) in [6, 6.07) is 0. The molecule has 0 radical (unpaired) electrons. The van der Waals surface area contributed by atoms with Crippen LogP contribution in [-0.2, 0) is 18.3 Å². The Kier molecular flexibility index (Phi) is 4.37. The van der Waals surface area contributed by atoms with E-state index in [1.165, 1.54) is 0 Å². The van der Waals surface area contributed by atoms with Crippen molar-refractivity contribution in [3.8, 4) is 0 Å². The van der Waals surface area contributed by atoms with Crippen LogP contribution in [0.5, 0.6) is 0 Å². The van der Waals surface area contributed by atoms with Crippen LogP contribution < -0.4 is 5.32 Å². The second kappa shape index (κ2) is 5.56. The molecule has 1 aromatic heterocycles. The number of hydrogen-bond acceptors (Lipinski definition) is 3. The van der Waals surface area contributed by atoms with Crippen LogP contribution in [0.2, 0.25) is 0 Å². The topological polar surface area (TPSA) is 39.1 Å². The lowest BCUT2D eigenvalue weighted by atomic mass is 10.2. The Balaban J connectivity index is 2.82. The van der Waals surface area contributed by atoms with Crippen LogP contribution in [0.3, 0.4) is 0 Å². The maximum atomic E-state index is 5.39. The van der Waals surface area contributed by atoms with Gasteiger partial charge >= 0.3 is 0 Å². The highest BCUT2D eigenvalue weighted by molar-refractivity contribution is 5.59. The third-order valence-corrected chi connectivity index (χ3v) is 2.22. The quantitative estimate of drug-likeness (QED) is 0.722. The predicted molar refractivity (Wildman–Crippen MR) is 61.2 cm³/mol. The molecule has 1 aromatic rings. The SMILES string of the molecule is C=C(OCC)c1cnn(C)c1CNCC. The Morgan fingerprint density at radius 1 is 1.60 bits per heavy atom. The fourth-order valence-electron chi connectivity index (χ4n) is 1.40. The molecule has 15 heavy (non-hydrogen) atoms. The number of nitrogens with zero attached hydrogens (tertiary/aromatic N) is 2. The van der Waals surface area contributed by atoms with E-state index in [1.54, 1.807) is 6.20 Å². The van der Waals surface area contributed by atoms with Crippen molar-refractivity contribution in [2.45, 2.75) is 20.4 Å². The van der Waals surface area contributed by atoms with Crippen molar-refractivity contribution in [3.63, 3.8) is 0 Å². The fraction of sp³-hybridized carbons (Fsp3) is 0.545. The van der Waals surface area contributed by atoms with E-state index in [0.29, 0.717) is 12.4 Å². The lowest BCUT2D eigenvalue weighted by molar-refractivity contribution is 0.298. The van der Waals surface area contributed by atoms with Crippen LogP contribution >= 0.6 is 0 Å². The van der Waals surface area contributed by atoms with Gasteiger partial charge in [0.1, 0.15) is 5.76 Å². The molecule has 1 heterocycles. The van der Waals surface area contributed by atoms with Gasteiger partial charge in [-0.3, -0.25) is 4.68 Å². The molecule has 0 spiro atoms. The summed E-state index contributed by atoms with van der Waals surface area (Å²) in [5.74, 6) is 0.693. The molecule has 0 aliphatic rings. The molecule has 1 rings (SSSR count). The van der Waals surface area contributed by atoms with Gasteiger partial charge in [0.05, 0.1) is 24.1 Å². The lowest BCUT2D eigenvalue weighted by Gasteiger charge is -2.09. The number of ether oxygens (including phenoxy) is 1. The molecule has 4 nitrogen and oxygen atoms in total. The van der Waals surface area contributed by atoms with E-state index in [4.69, 9.17) is 4.74 Å². The van der Waals surface area contributed by atoms with Crippen LogP contribution in [0.15, 0.2) is 12.8 Å². The van der Waals surface area contributed by atoms with Crippen molar-refractivity contribution in [2.75, 3.05) is 13.2 Å². The summed E-state index contributed by atoms with van der Waals surface area (Å²) in [6.07, 6.45) is 1.80. The highest BCUT2D eigenvalue weighted by Gasteiger charge is 2.11. The standard InChI is InChI=1S/C11H19N3O/c1-5-12-8-11-10(7-13-14(11)4)9(3)15-6-2/h7,12H,3,5-6,8H2,1-2,4H3. The maximum Gasteiger partial charge on any atom is 0.122 e. The maximum absolute atomic E-state index is 5.39. The van der Waals surface area contributed by atoms with Crippen molar-refractivity contribution in [2.24, 2.45) is 7.05 Å². The molecular weight excluding hydrogens is 190 g/mol. The molecule has 0 bridgehead atoms. The zero-order chi connectivity index (χ0) is 11.3. The predicted octanol–water partition coefficient (Wildman–Crippen LogP) is 1.54. The molecule has 0 atom stereocenters. The van der Waals surface area contributed by atoms with E-state index >= 15 is 0 Å². The third-order valence-electron chi connectivity index (χ3n) is 2.22. The first-order valence-electron chi connectivity index (χ1n) is 5.24. The average Bonchev–Trinajstić information content (AvgIpc) is 2.57. The van der Waals surface area contributed by atoms with Gasteiger partial charge in [-0.2, -0.15) is 5.10 Å². The molecule has 84 valence electrons. The molecule has 1 N–H and O–H groups in total. The van der Waals surface area contributed by atoms with E-state index in [1.807, 2.05) is 18.7 Å². The van der Waals surface area contributed by atoms with Gasteiger partial charge in [0, 0.05) is 13.6 Å². The van der Waals surface area contributed by atoms with E-state index in [0.717, 1.165) is 24.3 Å². The first-order chi connectivity index (χ1) is 7.20. The van der Waals surface area contributed by atoms with Crippen LogP contribution in [0.4, 0.5) is 0 Å². The van der Waals surface area contributed by atoms with E-state index in [9.17, 15) is 0 Å². The van der Waals surface area contributed by atoms with Crippen molar-refractivity contribution >= 4 is 5.76 Å². The van der Waals surface area contributed by atoms with E-state index in [2.05, 4.69) is 23.9 Å². The smallest absolute Gasteiger partial charge is 0.122 e. The first kappa shape index (κ1) is 11.8. The summed E-state index contributed by atoms with van der Waals surface area (Å²) in [5.41, 5.74) is 2.09. The van der Waals surface area contributed by atoms with Crippen LogP contribution in [0.25, 0.3) is 5.76 Å². The second-order valence-electron chi connectivity index (χ2n) is 3.27. The highest BCUT2D eigenvalue weighted by atomic mass is 16.5. The van der Waals surface area contributed by atoms with Crippen molar-refractivity contribution in [3.05, 3.63) is 24.0 Å². The second-order valence-corrected chi connectivity index (χ2v) is 3.27. The zero-order valence-electron chi connectivity index (χ0n) is 9.71. The van der Waals surface area contributed by atoms with Gasteiger partial charge in [-0.1, -0.05) is 13.5 Å². The summed E-state index contributed by atoms with van der Waals surface area (Å²) in [4.78, 5) is 0. The number of aryl methyl sites for hydroxylation is 1. The van der Waals surface area contributed by atoms with E-state index < -0.39 is 0 Å². The van der Waals surface area contributed by atoms with Gasteiger partial charge in [-0.25, -0.2) is 0 Å². The Morgan fingerprint density at radius 3 is 2.93 bits per heavy atom. The molecule has 0 unspecified atom stereocenters. The van der Waals surface area contributed by atoms with E-state index in [-0.39, 0.29) is 0 Å². The molecule has 0 saturated heterocycles. The monoisotopic (exact) mass is 209 g/mol. The number of nitrogens with one attached hydrogen (secondary N) is 1. The van der Waals surface area contributed by atoms with Crippen LogP contribution in [0.1, 0.15) is 25.1 Å². The number of hydrogen-bond donors (Lipinski definition) is 1. The molecule has 0 amide bonds. The van der Waals surface area contributed by atoms with Crippen LogP contribution in [0, 0.1) is 0 Å². The minimum absolute atomic E-state index is 0.633. The van der Waals surface area contributed by atoms with Crippen molar-refractivity contribution in [1.82, 2.24) is 15.1 Å². The molecular formula is C11H19N3O. The molecule has 0 fully saturated rings. The van der Waals surface area contributed by atoms with Crippen molar-refractivity contribution in [1.29, 1.82) is 0 Å². The largest absolute Gasteiger partial charge is 0.494 e. The van der Waals surface area contributed by atoms with Gasteiger partial charge in [-0.05, 0) is 13.5 Å². The zero-order valence-corrected chi connectivity index (χ0v) is 9.71. The van der Waals surface area contributed by atoms with Gasteiger partial charge < -0.3 is 10.1 Å². The molecule has 0 aliphatic heterocycles. The minimum Gasteiger partial charge on any atom is -0.494 e. The summed E-state index contributed by atoms with van der Waals surface area (Å²) >= 11 is 0. The highest BCUT2D eigenvalue weighted by Crippen LogP contribution is 2.17. The molecule has 0 aromatic carbocycles. The third kappa shape index (κ3) is 2.83. The average molecular weight is 209 g/mol. The summed E-state index contributed by atoms with van der Waals surface area (Å²) in [5, 5.41) is 7.48. The molecule has 0 aliphatic carbocycles. The Morgan fingerprint density at radius 2 is 2.33 bits per heavy atom. The summed E-state index contributed by atoms with van der Waals surface area (Å²) < 4.78 is 7.24. The van der Waals surface area contributed by atoms with Gasteiger partial charge in [0.2, 0.25) is 0 Å². The Labute approximate surface area is 90.9 Å². The Hall–Kier alpha value is -1.29. The number of rotatable bonds is 6. The van der Waals surface area contributed by atoms with Crippen molar-refractivity contribution < 1.29 is 4.74 Å². The van der Waals surface area contributed by atoms with Gasteiger partial charge in [-0.15, -0.1) is 0 Å².